The number of amides is 2. The van der Waals surface area contributed by atoms with E-state index in [1.165, 1.54) is 0 Å². The van der Waals surface area contributed by atoms with Gasteiger partial charge in [-0.25, -0.2) is 4.79 Å². The molecule has 140 valence electrons. The highest BCUT2D eigenvalue weighted by Gasteiger charge is 2.15. The van der Waals surface area contributed by atoms with Crippen LogP contribution in [0.1, 0.15) is 45.6 Å². The number of hydrogen-bond acceptors (Lipinski definition) is 4. The molecule has 1 aromatic carbocycles. The molecule has 0 aliphatic rings. The standard InChI is InChI=1S/C19H30N2O4/c1-19(2,3)25-18(23)21-12-7-11-17(22)20-13-8-14-24-15-16-9-5-4-6-10-16/h4-6,9-10H,7-8,11-15H2,1-3H3,(H,20,22)(H,21,23). The van der Waals surface area contributed by atoms with Gasteiger partial charge in [0.25, 0.3) is 0 Å². The van der Waals surface area contributed by atoms with E-state index in [2.05, 4.69) is 10.6 Å². The van der Waals surface area contributed by atoms with Crippen LogP contribution in [0.25, 0.3) is 0 Å². The van der Waals surface area contributed by atoms with E-state index in [9.17, 15) is 9.59 Å². The molecule has 2 amide bonds. The molecular weight excluding hydrogens is 320 g/mol. The fourth-order valence-corrected chi connectivity index (χ4v) is 2.01. The second kappa shape index (κ2) is 11.5. The molecule has 0 atom stereocenters. The van der Waals surface area contributed by atoms with Crippen LogP contribution in [0.3, 0.4) is 0 Å². The minimum atomic E-state index is -0.510. The first-order valence-corrected chi connectivity index (χ1v) is 8.72. The molecule has 0 unspecified atom stereocenters. The van der Waals surface area contributed by atoms with E-state index in [-0.39, 0.29) is 5.91 Å². The topological polar surface area (TPSA) is 76.7 Å². The van der Waals surface area contributed by atoms with E-state index in [0.29, 0.717) is 39.1 Å². The van der Waals surface area contributed by atoms with E-state index < -0.39 is 11.7 Å². The molecule has 25 heavy (non-hydrogen) atoms. The van der Waals surface area contributed by atoms with Gasteiger partial charge in [0, 0.05) is 26.1 Å². The summed E-state index contributed by atoms with van der Waals surface area (Å²) in [5, 5.41) is 5.48. The SMILES string of the molecule is CC(C)(C)OC(=O)NCCCC(=O)NCCCOCc1ccccc1. The van der Waals surface area contributed by atoms with Crippen molar-refractivity contribution in [2.75, 3.05) is 19.7 Å². The van der Waals surface area contributed by atoms with Crippen LogP contribution in [0.5, 0.6) is 0 Å². The van der Waals surface area contributed by atoms with Crippen LogP contribution >= 0.6 is 0 Å². The number of hydrogen-bond donors (Lipinski definition) is 2. The highest BCUT2D eigenvalue weighted by atomic mass is 16.6. The van der Waals surface area contributed by atoms with Gasteiger partial charge in [0.05, 0.1) is 6.61 Å². The summed E-state index contributed by atoms with van der Waals surface area (Å²) in [5.41, 5.74) is 0.633. The van der Waals surface area contributed by atoms with Gasteiger partial charge in [-0.05, 0) is 39.2 Å². The predicted molar refractivity (Wildman–Crippen MR) is 97.2 cm³/mol. The number of benzene rings is 1. The molecule has 0 aromatic heterocycles. The molecular formula is C19H30N2O4. The second-order valence-corrected chi connectivity index (χ2v) is 6.77. The van der Waals surface area contributed by atoms with Crippen LogP contribution in [0.4, 0.5) is 4.79 Å². The number of nitrogens with one attached hydrogen (secondary N) is 2. The quantitative estimate of drug-likeness (QED) is 0.636. The molecule has 0 aliphatic carbocycles. The fourth-order valence-electron chi connectivity index (χ4n) is 2.01. The Kier molecular flexibility index (Phi) is 9.62. The molecule has 6 heteroatoms. The van der Waals surface area contributed by atoms with Crippen molar-refractivity contribution in [2.45, 2.75) is 52.2 Å². The molecule has 0 fully saturated rings. The van der Waals surface area contributed by atoms with Crippen LogP contribution in [0.2, 0.25) is 0 Å². The predicted octanol–water partition coefficient (Wildman–Crippen LogP) is 3.01. The third-order valence-corrected chi connectivity index (χ3v) is 3.15. The Balaban J connectivity index is 1.94. The molecule has 0 saturated heterocycles. The van der Waals surface area contributed by atoms with E-state index in [1.807, 2.05) is 51.1 Å². The van der Waals surface area contributed by atoms with Gasteiger partial charge < -0.3 is 20.1 Å². The van der Waals surface area contributed by atoms with E-state index in [1.54, 1.807) is 0 Å². The minimum Gasteiger partial charge on any atom is -0.444 e. The van der Waals surface area contributed by atoms with Gasteiger partial charge in [-0.1, -0.05) is 30.3 Å². The largest absolute Gasteiger partial charge is 0.444 e. The normalized spacial score (nSPS) is 11.0. The Morgan fingerprint density at radius 1 is 1.00 bits per heavy atom. The van der Waals surface area contributed by atoms with Crippen molar-refractivity contribution in [3.05, 3.63) is 35.9 Å². The lowest BCUT2D eigenvalue weighted by Gasteiger charge is -2.19. The maximum absolute atomic E-state index is 11.7. The molecule has 0 bridgehead atoms. The first-order valence-electron chi connectivity index (χ1n) is 8.72. The smallest absolute Gasteiger partial charge is 0.407 e. The monoisotopic (exact) mass is 350 g/mol. The molecule has 0 spiro atoms. The number of carbonyl (C=O) groups is 2. The van der Waals surface area contributed by atoms with Gasteiger partial charge >= 0.3 is 6.09 Å². The zero-order chi connectivity index (χ0) is 18.5. The van der Waals surface area contributed by atoms with Crippen LogP contribution in [0, 0.1) is 0 Å². The van der Waals surface area contributed by atoms with Crippen molar-refractivity contribution in [2.24, 2.45) is 0 Å². The first kappa shape index (κ1) is 21.0. The average Bonchev–Trinajstić information content (AvgIpc) is 2.54. The summed E-state index contributed by atoms with van der Waals surface area (Å²) in [7, 11) is 0. The van der Waals surface area contributed by atoms with Crippen molar-refractivity contribution in [1.82, 2.24) is 10.6 Å². The number of alkyl carbamates (subject to hydrolysis) is 1. The van der Waals surface area contributed by atoms with E-state index in [4.69, 9.17) is 9.47 Å². The van der Waals surface area contributed by atoms with E-state index in [0.717, 1.165) is 12.0 Å². The van der Waals surface area contributed by atoms with Crippen molar-refractivity contribution in [3.63, 3.8) is 0 Å². The van der Waals surface area contributed by atoms with Crippen molar-refractivity contribution < 1.29 is 19.1 Å². The molecule has 6 nitrogen and oxygen atoms in total. The Bertz CT molecular complexity index is 512. The zero-order valence-corrected chi connectivity index (χ0v) is 15.5. The van der Waals surface area contributed by atoms with Crippen molar-refractivity contribution in [1.29, 1.82) is 0 Å². The maximum Gasteiger partial charge on any atom is 0.407 e. The average molecular weight is 350 g/mol. The summed E-state index contributed by atoms with van der Waals surface area (Å²) >= 11 is 0. The third-order valence-electron chi connectivity index (χ3n) is 3.15. The van der Waals surface area contributed by atoms with E-state index >= 15 is 0 Å². The van der Waals surface area contributed by atoms with Gasteiger partial charge in [0.15, 0.2) is 0 Å². The number of carbonyl (C=O) groups excluding carboxylic acids is 2. The number of ether oxygens (including phenoxy) is 2. The van der Waals surface area contributed by atoms with Crippen LogP contribution in [-0.2, 0) is 20.9 Å². The summed E-state index contributed by atoms with van der Waals surface area (Å²) in [6, 6.07) is 9.98. The van der Waals surface area contributed by atoms with Crippen molar-refractivity contribution in [3.8, 4) is 0 Å². The van der Waals surface area contributed by atoms with Crippen LogP contribution in [0.15, 0.2) is 30.3 Å². The Morgan fingerprint density at radius 3 is 2.36 bits per heavy atom. The Morgan fingerprint density at radius 2 is 1.68 bits per heavy atom. The van der Waals surface area contributed by atoms with Gasteiger partial charge in [-0.2, -0.15) is 0 Å². The Hall–Kier alpha value is -2.08. The Labute approximate surface area is 150 Å². The fraction of sp³-hybridized carbons (Fsp3) is 0.579. The van der Waals surface area contributed by atoms with Gasteiger partial charge in [-0.15, -0.1) is 0 Å². The molecule has 0 heterocycles. The number of rotatable bonds is 10. The summed E-state index contributed by atoms with van der Waals surface area (Å²) in [5.74, 6) is -0.0194. The van der Waals surface area contributed by atoms with Gasteiger partial charge in [0.2, 0.25) is 5.91 Å². The molecule has 1 aromatic rings. The lowest BCUT2D eigenvalue weighted by molar-refractivity contribution is -0.121. The summed E-state index contributed by atoms with van der Waals surface area (Å²) in [4.78, 5) is 23.1. The minimum absolute atomic E-state index is 0.0194. The lowest BCUT2D eigenvalue weighted by atomic mass is 10.2. The van der Waals surface area contributed by atoms with Crippen molar-refractivity contribution >= 4 is 12.0 Å². The molecule has 2 N–H and O–H groups in total. The first-order chi connectivity index (χ1) is 11.9. The lowest BCUT2D eigenvalue weighted by Crippen LogP contribution is -2.33. The van der Waals surface area contributed by atoms with Gasteiger partial charge in [-0.3, -0.25) is 4.79 Å². The second-order valence-electron chi connectivity index (χ2n) is 6.77. The molecule has 0 saturated carbocycles. The summed E-state index contributed by atoms with van der Waals surface area (Å²) in [6.45, 7) is 7.63. The summed E-state index contributed by atoms with van der Waals surface area (Å²) < 4.78 is 10.7. The van der Waals surface area contributed by atoms with Gasteiger partial charge in [0.1, 0.15) is 5.60 Å². The molecule has 0 aliphatic heterocycles. The highest BCUT2D eigenvalue weighted by molar-refractivity contribution is 5.75. The molecule has 1 rings (SSSR count). The summed E-state index contributed by atoms with van der Waals surface area (Å²) in [6.07, 6.45) is 1.27. The third kappa shape index (κ3) is 12.0. The maximum atomic E-state index is 11.7. The van der Waals surface area contributed by atoms with Crippen LogP contribution in [-0.4, -0.2) is 37.3 Å². The van der Waals surface area contributed by atoms with Crippen LogP contribution < -0.4 is 10.6 Å². The zero-order valence-electron chi connectivity index (χ0n) is 15.5. The highest BCUT2D eigenvalue weighted by Crippen LogP contribution is 2.06. The molecule has 0 radical (unpaired) electrons.